The number of hydrogen-bond donors (Lipinski definition) is 2. The van der Waals surface area contributed by atoms with Crippen molar-refractivity contribution in [3.05, 3.63) is 42.5 Å². The molecule has 27 heavy (non-hydrogen) atoms. The number of fused-ring (bicyclic) bond motifs is 1. The maximum absolute atomic E-state index is 11.5. The van der Waals surface area contributed by atoms with E-state index in [0.717, 1.165) is 32.7 Å². The third-order valence-corrected chi connectivity index (χ3v) is 4.79. The molecule has 0 atom stereocenters. The summed E-state index contributed by atoms with van der Waals surface area (Å²) in [5.74, 6) is -0.324. The first-order valence-electron chi connectivity index (χ1n) is 9.23. The Morgan fingerprint density at radius 2 is 1.78 bits per heavy atom. The van der Waals surface area contributed by atoms with Gasteiger partial charge >= 0.3 is 6.09 Å². The standard InChI is InChI=1S/C20H26N4O3/c1-21-19(25)15-27-20(26)22-9-10-23-11-13-24(14-12-23)18-8-4-6-16-5-2-3-7-17(16)18/h2-8H,9-15H2,1H3,(H,21,25)(H,22,26). The Bertz CT molecular complexity index is 782. The predicted octanol–water partition coefficient (Wildman–Crippen LogP) is 1.43. The topological polar surface area (TPSA) is 73.9 Å². The molecule has 2 aromatic carbocycles. The first-order chi connectivity index (χ1) is 13.2. The van der Waals surface area contributed by atoms with E-state index in [1.54, 1.807) is 0 Å². The number of carbonyl (C=O) groups excluding carboxylic acids is 2. The average Bonchev–Trinajstić information content (AvgIpc) is 2.72. The zero-order chi connectivity index (χ0) is 19.1. The third-order valence-electron chi connectivity index (χ3n) is 4.79. The highest BCUT2D eigenvalue weighted by molar-refractivity contribution is 5.94. The van der Waals surface area contributed by atoms with E-state index in [9.17, 15) is 9.59 Å². The molecule has 0 saturated carbocycles. The molecule has 3 rings (SSSR count). The SMILES string of the molecule is CNC(=O)COC(=O)NCCN1CCN(c2cccc3ccccc23)CC1. The molecule has 0 aromatic heterocycles. The average molecular weight is 370 g/mol. The van der Waals surface area contributed by atoms with Gasteiger partial charge in [-0.05, 0) is 11.5 Å². The summed E-state index contributed by atoms with van der Waals surface area (Å²) in [6, 6.07) is 14.9. The number of benzene rings is 2. The van der Waals surface area contributed by atoms with E-state index >= 15 is 0 Å². The number of nitrogens with one attached hydrogen (secondary N) is 2. The van der Waals surface area contributed by atoms with E-state index < -0.39 is 6.09 Å². The summed E-state index contributed by atoms with van der Waals surface area (Å²) < 4.78 is 4.81. The van der Waals surface area contributed by atoms with Crippen LogP contribution >= 0.6 is 0 Å². The van der Waals surface area contributed by atoms with Crippen molar-refractivity contribution in [2.75, 3.05) is 57.8 Å². The molecule has 2 amide bonds. The molecule has 0 unspecified atom stereocenters. The van der Waals surface area contributed by atoms with Crippen LogP contribution in [0.25, 0.3) is 10.8 Å². The number of nitrogens with zero attached hydrogens (tertiary/aromatic N) is 2. The van der Waals surface area contributed by atoms with Gasteiger partial charge in [0.2, 0.25) is 0 Å². The largest absolute Gasteiger partial charge is 0.439 e. The lowest BCUT2D eigenvalue weighted by atomic mass is 10.1. The smallest absolute Gasteiger partial charge is 0.407 e. The van der Waals surface area contributed by atoms with Crippen molar-refractivity contribution in [1.82, 2.24) is 15.5 Å². The summed E-state index contributed by atoms with van der Waals surface area (Å²) in [4.78, 5) is 27.3. The second kappa shape index (κ2) is 9.23. The predicted molar refractivity (Wildman–Crippen MR) is 106 cm³/mol. The lowest BCUT2D eigenvalue weighted by molar-refractivity contribution is -0.123. The number of ether oxygens (including phenoxy) is 1. The van der Waals surface area contributed by atoms with Crippen LogP contribution < -0.4 is 15.5 Å². The molecule has 1 fully saturated rings. The zero-order valence-electron chi connectivity index (χ0n) is 15.6. The van der Waals surface area contributed by atoms with Crippen molar-refractivity contribution in [1.29, 1.82) is 0 Å². The number of piperazine rings is 1. The van der Waals surface area contributed by atoms with Crippen molar-refractivity contribution in [2.24, 2.45) is 0 Å². The van der Waals surface area contributed by atoms with Crippen molar-refractivity contribution in [3.63, 3.8) is 0 Å². The van der Waals surface area contributed by atoms with E-state index in [-0.39, 0.29) is 12.5 Å². The van der Waals surface area contributed by atoms with E-state index in [1.807, 2.05) is 0 Å². The number of carbonyl (C=O) groups is 2. The first-order valence-corrected chi connectivity index (χ1v) is 9.23. The molecule has 7 heteroatoms. The highest BCUT2D eigenvalue weighted by Gasteiger charge is 2.18. The summed E-state index contributed by atoms with van der Waals surface area (Å²) in [6.07, 6.45) is -0.562. The van der Waals surface area contributed by atoms with Gasteiger partial charge in [0.25, 0.3) is 5.91 Å². The minimum Gasteiger partial charge on any atom is -0.439 e. The Hall–Kier alpha value is -2.80. The van der Waals surface area contributed by atoms with E-state index in [1.165, 1.54) is 23.5 Å². The molecule has 1 aliphatic heterocycles. The maximum atomic E-state index is 11.5. The number of anilines is 1. The molecule has 1 aliphatic rings. The monoisotopic (exact) mass is 370 g/mol. The summed E-state index contributed by atoms with van der Waals surface area (Å²) in [7, 11) is 1.50. The summed E-state index contributed by atoms with van der Waals surface area (Å²) >= 11 is 0. The first kappa shape index (κ1) is 19.0. The van der Waals surface area contributed by atoms with Gasteiger partial charge in [0.1, 0.15) is 0 Å². The Labute approximate surface area is 159 Å². The van der Waals surface area contributed by atoms with E-state index in [2.05, 4.69) is 62.9 Å². The van der Waals surface area contributed by atoms with Crippen molar-refractivity contribution in [2.45, 2.75) is 0 Å². The molecule has 1 saturated heterocycles. The quantitative estimate of drug-likeness (QED) is 0.805. The van der Waals surface area contributed by atoms with Crippen molar-refractivity contribution >= 4 is 28.5 Å². The van der Waals surface area contributed by atoms with Gasteiger partial charge in [-0.15, -0.1) is 0 Å². The Morgan fingerprint density at radius 3 is 2.56 bits per heavy atom. The van der Waals surface area contributed by atoms with Crippen LogP contribution in [0.1, 0.15) is 0 Å². The fraction of sp³-hybridized carbons (Fsp3) is 0.400. The van der Waals surface area contributed by atoms with Gasteiger partial charge in [-0.2, -0.15) is 0 Å². The van der Waals surface area contributed by atoms with Gasteiger partial charge in [-0.3, -0.25) is 9.69 Å². The van der Waals surface area contributed by atoms with Gasteiger partial charge in [-0.25, -0.2) is 4.79 Å². The van der Waals surface area contributed by atoms with Crippen LogP contribution in [0, 0.1) is 0 Å². The number of alkyl carbamates (subject to hydrolysis) is 1. The fourth-order valence-electron chi connectivity index (χ4n) is 3.27. The van der Waals surface area contributed by atoms with Crippen LogP contribution in [0.15, 0.2) is 42.5 Å². The normalized spacial score (nSPS) is 14.8. The van der Waals surface area contributed by atoms with Crippen LogP contribution in [0.2, 0.25) is 0 Å². The Kier molecular flexibility index (Phi) is 6.49. The minimum atomic E-state index is -0.562. The van der Waals surface area contributed by atoms with Crippen LogP contribution in [0.5, 0.6) is 0 Å². The maximum Gasteiger partial charge on any atom is 0.407 e. The molecule has 0 spiro atoms. The molecule has 2 aromatic rings. The molecule has 0 aliphatic carbocycles. The number of rotatable bonds is 6. The molecule has 0 bridgehead atoms. The number of hydrogen-bond acceptors (Lipinski definition) is 5. The Morgan fingerprint density at radius 1 is 1.04 bits per heavy atom. The zero-order valence-corrected chi connectivity index (χ0v) is 15.6. The van der Waals surface area contributed by atoms with E-state index in [0.29, 0.717) is 6.54 Å². The minimum absolute atomic E-state index is 0.258. The molecular formula is C20H26N4O3. The molecule has 7 nitrogen and oxygen atoms in total. The van der Waals surface area contributed by atoms with Crippen molar-refractivity contribution < 1.29 is 14.3 Å². The lowest BCUT2D eigenvalue weighted by Gasteiger charge is -2.36. The number of amides is 2. The second-order valence-corrected chi connectivity index (χ2v) is 6.50. The summed E-state index contributed by atoms with van der Waals surface area (Å²) in [5.41, 5.74) is 1.28. The number of likely N-dealkylation sites (N-methyl/N-ethyl adjacent to an activating group) is 1. The third kappa shape index (κ3) is 5.10. The molecule has 2 N–H and O–H groups in total. The van der Waals surface area contributed by atoms with Crippen molar-refractivity contribution in [3.8, 4) is 0 Å². The van der Waals surface area contributed by atoms with Gasteiger partial charge < -0.3 is 20.3 Å². The van der Waals surface area contributed by atoms with E-state index in [4.69, 9.17) is 4.74 Å². The van der Waals surface area contributed by atoms with Gasteiger partial charge in [0.05, 0.1) is 0 Å². The lowest BCUT2D eigenvalue weighted by Crippen LogP contribution is -2.48. The fourth-order valence-corrected chi connectivity index (χ4v) is 3.27. The highest BCUT2D eigenvalue weighted by Crippen LogP contribution is 2.27. The molecule has 1 heterocycles. The van der Waals surface area contributed by atoms with Crippen LogP contribution in [0.3, 0.4) is 0 Å². The summed E-state index contributed by atoms with van der Waals surface area (Å²) in [5, 5.41) is 7.63. The van der Waals surface area contributed by atoms with Crippen LogP contribution in [-0.4, -0.2) is 69.8 Å². The second-order valence-electron chi connectivity index (χ2n) is 6.50. The van der Waals surface area contributed by atoms with Gasteiger partial charge in [-0.1, -0.05) is 36.4 Å². The van der Waals surface area contributed by atoms with Crippen LogP contribution in [-0.2, 0) is 9.53 Å². The highest BCUT2D eigenvalue weighted by atomic mass is 16.6. The molecule has 144 valence electrons. The van der Waals surface area contributed by atoms with Gasteiger partial charge in [0.15, 0.2) is 6.61 Å². The Balaban J connectivity index is 1.43. The molecular weight excluding hydrogens is 344 g/mol. The molecule has 0 radical (unpaired) electrons. The van der Waals surface area contributed by atoms with Gasteiger partial charge in [0, 0.05) is 57.4 Å². The summed E-state index contributed by atoms with van der Waals surface area (Å²) in [6.45, 7) is 4.80. The van der Waals surface area contributed by atoms with Crippen LogP contribution in [0.4, 0.5) is 10.5 Å².